The third-order valence-corrected chi connectivity index (χ3v) is 7.04. The van der Waals surface area contributed by atoms with Gasteiger partial charge in [0.15, 0.2) is 0 Å². The van der Waals surface area contributed by atoms with Crippen LogP contribution in [0.2, 0.25) is 0 Å². The molecule has 1 aromatic heterocycles. The molecule has 4 rings (SSSR count). The summed E-state index contributed by atoms with van der Waals surface area (Å²) in [5.74, 6) is 1.29. The average molecular weight is 593 g/mol. The van der Waals surface area contributed by atoms with Gasteiger partial charge in [-0.1, -0.05) is 42.5 Å². The molecule has 1 aliphatic rings. The molecule has 0 aliphatic heterocycles. The van der Waals surface area contributed by atoms with Crippen LogP contribution in [0.25, 0.3) is 0 Å². The van der Waals surface area contributed by atoms with Crippen LogP contribution < -0.4 is 27.0 Å². The Balaban J connectivity index is 1.28. The molecule has 43 heavy (non-hydrogen) atoms. The lowest BCUT2D eigenvalue weighted by atomic mass is 9.93. The standard InChI is InChI=1S/C31H44N8O4/c32-15-18-42-20-21-43-19-17-33-28(41)25-8-6-24(7-9-25)22-35-30-37-29(34-16-14-23-4-2-1-3-5-23)38-31(39-30)36-26-10-12-27(40)13-11-26/h1-9,26-27,40H,10-22,32H2,(H,33,41)(H3,34,35,36,37,38,39). The third-order valence-electron chi connectivity index (χ3n) is 7.04. The van der Waals surface area contributed by atoms with E-state index in [1.54, 1.807) is 12.1 Å². The quantitative estimate of drug-likeness (QED) is 0.120. The molecule has 1 aliphatic carbocycles. The molecule has 232 valence electrons. The first-order chi connectivity index (χ1) is 21.1. The van der Waals surface area contributed by atoms with Crippen LogP contribution in [0.15, 0.2) is 54.6 Å². The number of aromatic nitrogens is 3. The number of anilines is 3. The largest absolute Gasteiger partial charge is 0.393 e. The molecule has 0 unspecified atom stereocenters. The lowest BCUT2D eigenvalue weighted by molar-refractivity contribution is 0.0511. The van der Waals surface area contributed by atoms with Crippen LogP contribution in [-0.4, -0.2) is 84.2 Å². The van der Waals surface area contributed by atoms with E-state index in [4.69, 9.17) is 15.2 Å². The second kappa shape index (κ2) is 18.0. The van der Waals surface area contributed by atoms with E-state index < -0.39 is 0 Å². The fourth-order valence-electron chi connectivity index (χ4n) is 4.66. The van der Waals surface area contributed by atoms with Gasteiger partial charge in [0, 0.05) is 37.8 Å². The van der Waals surface area contributed by atoms with Gasteiger partial charge >= 0.3 is 0 Å². The highest BCUT2D eigenvalue weighted by Gasteiger charge is 2.20. The van der Waals surface area contributed by atoms with Crippen molar-refractivity contribution in [2.75, 3.05) is 62.0 Å². The topological polar surface area (TPSA) is 169 Å². The summed E-state index contributed by atoms with van der Waals surface area (Å²) in [6.45, 7) is 3.94. The summed E-state index contributed by atoms with van der Waals surface area (Å²) in [4.78, 5) is 26.3. The Hall–Kier alpha value is -3.84. The smallest absolute Gasteiger partial charge is 0.251 e. The first-order valence-corrected chi connectivity index (χ1v) is 15.0. The molecule has 0 spiro atoms. The number of aliphatic hydroxyl groups is 1. The Morgan fingerprint density at radius 2 is 1.47 bits per heavy atom. The number of rotatable bonds is 18. The summed E-state index contributed by atoms with van der Waals surface area (Å²) in [6, 6.07) is 17.9. The fraction of sp³-hybridized carbons (Fsp3) is 0.484. The van der Waals surface area contributed by atoms with Gasteiger partial charge in [0.25, 0.3) is 5.91 Å². The van der Waals surface area contributed by atoms with Crippen molar-refractivity contribution in [3.8, 4) is 0 Å². The van der Waals surface area contributed by atoms with E-state index >= 15 is 0 Å². The molecule has 1 heterocycles. The van der Waals surface area contributed by atoms with Crippen LogP contribution in [-0.2, 0) is 22.4 Å². The zero-order valence-electron chi connectivity index (χ0n) is 24.6. The van der Waals surface area contributed by atoms with Gasteiger partial charge < -0.3 is 41.6 Å². The molecule has 2 aromatic carbocycles. The minimum absolute atomic E-state index is 0.155. The number of aliphatic hydroxyl groups excluding tert-OH is 1. The number of benzene rings is 2. The maximum atomic E-state index is 12.5. The maximum absolute atomic E-state index is 12.5. The van der Waals surface area contributed by atoms with E-state index in [1.165, 1.54) is 5.56 Å². The summed E-state index contributed by atoms with van der Waals surface area (Å²) in [5, 5.41) is 22.8. The van der Waals surface area contributed by atoms with Crippen LogP contribution >= 0.6 is 0 Å². The second-order valence-corrected chi connectivity index (χ2v) is 10.4. The summed E-state index contributed by atoms with van der Waals surface area (Å²) >= 11 is 0. The second-order valence-electron chi connectivity index (χ2n) is 10.4. The summed E-state index contributed by atoms with van der Waals surface area (Å²) in [6.07, 6.45) is 3.88. The van der Waals surface area contributed by atoms with Crippen molar-refractivity contribution in [2.45, 2.75) is 50.8 Å². The number of carbonyl (C=O) groups is 1. The first-order valence-electron chi connectivity index (χ1n) is 15.0. The van der Waals surface area contributed by atoms with Gasteiger partial charge in [0.05, 0.1) is 32.5 Å². The van der Waals surface area contributed by atoms with Crippen molar-refractivity contribution in [3.05, 3.63) is 71.3 Å². The number of hydrogen-bond acceptors (Lipinski definition) is 11. The van der Waals surface area contributed by atoms with Crippen LogP contribution in [0.5, 0.6) is 0 Å². The summed E-state index contributed by atoms with van der Waals surface area (Å²) in [7, 11) is 0. The molecule has 12 heteroatoms. The fourth-order valence-corrected chi connectivity index (χ4v) is 4.66. The predicted molar refractivity (Wildman–Crippen MR) is 167 cm³/mol. The van der Waals surface area contributed by atoms with E-state index in [0.29, 0.717) is 76.0 Å². The van der Waals surface area contributed by atoms with Crippen LogP contribution in [0, 0.1) is 0 Å². The Morgan fingerprint density at radius 3 is 2.19 bits per heavy atom. The number of hydrogen-bond donors (Lipinski definition) is 6. The molecule has 0 saturated heterocycles. The lowest BCUT2D eigenvalue weighted by Crippen LogP contribution is -2.29. The molecule has 1 fully saturated rings. The molecule has 3 aromatic rings. The Kier molecular flexibility index (Phi) is 13.4. The molecule has 12 nitrogen and oxygen atoms in total. The van der Waals surface area contributed by atoms with Crippen molar-refractivity contribution in [2.24, 2.45) is 5.73 Å². The Morgan fingerprint density at radius 1 is 0.791 bits per heavy atom. The van der Waals surface area contributed by atoms with Crippen molar-refractivity contribution in [1.29, 1.82) is 0 Å². The van der Waals surface area contributed by atoms with Gasteiger partial charge in [-0.05, 0) is 55.4 Å². The molecular weight excluding hydrogens is 548 g/mol. The van der Waals surface area contributed by atoms with Gasteiger partial charge in [-0.25, -0.2) is 0 Å². The number of nitrogens with two attached hydrogens (primary N) is 1. The Bertz CT molecular complexity index is 1220. The number of nitrogens with one attached hydrogen (secondary N) is 4. The zero-order chi connectivity index (χ0) is 30.1. The average Bonchev–Trinajstić information content (AvgIpc) is 3.03. The van der Waals surface area contributed by atoms with Crippen molar-refractivity contribution in [3.63, 3.8) is 0 Å². The van der Waals surface area contributed by atoms with Crippen molar-refractivity contribution < 1.29 is 19.4 Å². The number of nitrogens with zero attached hydrogens (tertiary/aromatic N) is 3. The monoisotopic (exact) mass is 592 g/mol. The number of ether oxygens (including phenoxy) is 2. The van der Waals surface area contributed by atoms with E-state index in [2.05, 4.69) is 48.4 Å². The summed E-state index contributed by atoms with van der Waals surface area (Å²) < 4.78 is 10.7. The summed E-state index contributed by atoms with van der Waals surface area (Å²) in [5.41, 5.74) is 8.15. The molecule has 0 radical (unpaired) electrons. The van der Waals surface area contributed by atoms with Crippen LogP contribution in [0.3, 0.4) is 0 Å². The first kappa shape index (κ1) is 32.1. The molecule has 0 atom stereocenters. The molecular formula is C31H44N8O4. The minimum atomic E-state index is -0.229. The third kappa shape index (κ3) is 11.8. The van der Waals surface area contributed by atoms with Crippen LogP contribution in [0.1, 0.15) is 47.2 Å². The Labute approximate surface area is 253 Å². The number of carbonyl (C=O) groups excluding carboxylic acids is 1. The van der Waals surface area contributed by atoms with E-state index in [9.17, 15) is 9.90 Å². The van der Waals surface area contributed by atoms with Gasteiger partial charge in [-0.15, -0.1) is 0 Å². The predicted octanol–water partition coefficient (Wildman–Crippen LogP) is 2.58. The highest BCUT2D eigenvalue weighted by molar-refractivity contribution is 5.94. The maximum Gasteiger partial charge on any atom is 0.251 e. The van der Waals surface area contributed by atoms with Crippen LogP contribution in [0.4, 0.5) is 17.8 Å². The minimum Gasteiger partial charge on any atom is -0.393 e. The SMILES string of the molecule is NCCOCCOCCNC(=O)c1ccc(CNc2nc(NCCc3ccccc3)nc(NC3CCC(O)CC3)n2)cc1. The highest BCUT2D eigenvalue weighted by Crippen LogP contribution is 2.22. The van der Waals surface area contributed by atoms with Crippen molar-refractivity contribution >= 4 is 23.8 Å². The van der Waals surface area contributed by atoms with Gasteiger partial charge in [0.1, 0.15) is 0 Å². The lowest BCUT2D eigenvalue weighted by Gasteiger charge is -2.26. The molecule has 1 amide bonds. The van der Waals surface area contributed by atoms with E-state index in [-0.39, 0.29) is 18.1 Å². The zero-order valence-corrected chi connectivity index (χ0v) is 24.6. The van der Waals surface area contributed by atoms with Gasteiger partial charge in [0.2, 0.25) is 17.8 Å². The van der Waals surface area contributed by atoms with E-state index in [0.717, 1.165) is 37.7 Å². The van der Waals surface area contributed by atoms with E-state index in [1.807, 2.05) is 30.3 Å². The molecule has 0 bridgehead atoms. The highest BCUT2D eigenvalue weighted by atomic mass is 16.5. The molecule has 1 saturated carbocycles. The molecule has 7 N–H and O–H groups in total. The van der Waals surface area contributed by atoms with Gasteiger partial charge in [-0.2, -0.15) is 15.0 Å². The number of amides is 1. The van der Waals surface area contributed by atoms with Crippen molar-refractivity contribution in [1.82, 2.24) is 20.3 Å². The normalized spacial score (nSPS) is 16.4. The van der Waals surface area contributed by atoms with Gasteiger partial charge in [-0.3, -0.25) is 4.79 Å².